The summed E-state index contributed by atoms with van der Waals surface area (Å²) in [5.41, 5.74) is 10.4. The van der Waals surface area contributed by atoms with E-state index in [-0.39, 0.29) is 0 Å². The summed E-state index contributed by atoms with van der Waals surface area (Å²) in [6, 6.07) is 14.8. The number of nitrogens with zero attached hydrogens (tertiary/aromatic N) is 3. The van der Waals surface area contributed by atoms with Crippen molar-refractivity contribution in [2.45, 2.75) is 52.9 Å². The molecule has 0 aliphatic heterocycles. The van der Waals surface area contributed by atoms with Crippen LogP contribution in [-0.4, -0.2) is 15.0 Å². The van der Waals surface area contributed by atoms with Gasteiger partial charge in [0, 0.05) is 28.9 Å². The van der Waals surface area contributed by atoms with Crippen molar-refractivity contribution in [3.05, 3.63) is 77.1 Å². The Bertz CT molecular complexity index is 1510. The SMILES string of the molecule is Cc1cc(-c2cnc3oc4nc(-c5c(C)cccc5C)ccc4c3c2)ncc1CC1CCCC1. The number of hydrogen-bond acceptors (Lipinski definition) is 4. The fourth-order valence-corrected chi connectivity index (χ4v) is 5.52. The van der Waals surface area contributed by atoms with Crippen LogP contribution >= 0.6 is 0 Å². The molecule has 4 heteroatoms. The second-order valence-electron chi connectivity index (χ2n) is 9.85. The lowest BCUT2D eigenvalue weighted by Crippen LogP contribution is -2.02. The summed E-state index contributed by atoms with van der Waals surface area (Å²) in [6.07, 6.45) is 10.5. The van der Waals surface area contributed by atoms with Crippen molar-refractivity contribution >= 4 is 22.2 Å². The van der Waals surface area contributed by atoms with Gasteiger partial charge >= 0.3 is 0 Å². The smallest absolute Gasteiger partial charge is 0.230 e. The maximum atomic E-state index is 6.06. The Morgan fingerprint density at radius 2 is 1.59 bits per heavy atom. The molecular weight excluding hydrogens is 418 g/mol. The number of fused-ring (bicyclic) bond motifs is 3. The maximum Gasteiger partial charge on any atom is 0.230 e. The lowest BCUT2D eigenvalue weighted by Gasteiger charge is -2.12. The number of aromatic nitrogens is 3. The van der Waals surface area contributed by atoms with Crippen molar-refractivity contribution in [3.8, 4) is 22.5 Å². The van der Waals surface area contributed by atoms with E-state index in [1.54, 1.807) is 0 Å². The lowest BCUT2D eigenvalue weighted by molar-refractivity contribution is 0.544. The molecule has 1 aliphatic carbocycles. The van der Waals surface area contributed by atoms with Gasteiger partial charge in [0.15, 0.2) is 0 Å². The highest BCUT2D eigenvalue weighted by molar-refractivity contribution is 6.04. The molecule has 0 radical (unpaired) electrons. The standard InChI is InChI=1S/C30H29N3O/c1-18-7-6-8-19(2)28(18)26-12-11-24-25-15-23(17-32-29(25)34-30(24)33-26)27-13-20(3)22(16-31-27)14-21-9-4-5-10-21/h6-8,11-13,15-17,21H,4-5,9-10,14H2,1-3H3. The fourth-order valence-electron chi connectivity index (χ4n) is 5.52. The zero-order valence-electron chi connectivity index (χ0n) is 20.1. The van der Waals surface area contributed by atoms with Crippen molar-refractivity contribution in [1.82, 2.24) is 15.0 Å². The quantitative estimate of drug-likeness (QED) is 0.282. The molecule has 0 saturated heterocycles. The van der Waals surface area contributed by atoms with E-state index >= 15 is 0 Å². The topological polar surface area (TPSA) is 51.8 Å². The van der Waals surface area contributed by atoms with Crippen LogP contribution in [0.5, 0.6) is 0 Å². The van der Waals surface area contributed by atoms with Gasteiger partial charge in [-0.15, -0.1) is 0 Å². The maximum absolute atomic E-state index is 6.06. The number of benzene rings is 1. The minimum Gasteiger partial charge on any atom is -0.419 e. The van der Waals surface area contributed by atoms with Gasteiger partial charge in [0.2, 0.25) is 11.4 Å². The van der Waals surface area contributed by atoms with E-state index in [9.17, 15) is 0 Å². The summed E-state index contributed by atoms with van der Waals surface area (Å²) in [4.78, 5) is 14.3. The summed E-state index contributed by atoms with van der Waals surface area (Å²) < 4.78 is 6.06. The van der Waals surface area contributed by atoms with Crippen molar-refractivity contribution in [3.63, 3.8) is 0 Å². The predicted octanol–water partition coefficient (Wildman–Crippen LogP) is 7.76. The van der Waals surface area contributed by atoms with Crippen molar-refractivity contribution < 1.29 is 4.42 Å². The largest absolute Gasteiger partial charge is 0.419 e. The fraction of sp³-hybridized carbons (Fsp3) is 0.300. The second-order valence-corrected chi connectivity index (χ2v) is 9.85. The summed E-state index contributed by atoms with van der Waals surface area (Å²) in [5, 5.41) is 1.96. The molecule has 0 amide bonds. The van der Waals surface area contributed by atoms with Gasteiger partial charge in [-0.3, -0.25) is 4.98 Å². The van der Waals surface area contributed by atoms with Gasteiger partial charge in [0.25, 0.3) is 0 Å². The van der Waals surface area contributed by atoms with E-state index in [1.807, 2.05) is 6.20 Å². The summed E-state index contributed by atoms with van der Waals surface area (Å²) in [6.45, 7) is 6.44. The minimum atomic E-state index is 0.611. The van der Waals surface area contributed by atoms with Crippen LogP contribution in [0.25, 0.3) is 44.7 Å². The van der Waals surface area contributed by atoms with Gasteiger partial charge in [-0.05, 0) is 79.6 Å². The Morgan fingerprint density at radius 3 is 2.35 bits per heavy atom. The predicted molar refractivity (Wildman–Crippen MR) is 138 cm³/mol. The molecule has 0 N–H and O–H groups in total. The molecule has 5 aromatic rings. The normalized spacial score (nSPS) is 14.4. The van der Waals surface area contributed by atoms with Crippen LogP contribution in [-0.2, 0) is 6.42 Å². The molecule has 1 saturated carbocycles. The minimum absolute atomic E-state index is 0.611. The third-order valence-electron chi connectivity index (χ3n) is 7.43. The first-order valence-corrected chi connectivity index (χ1v) is 12.3. The Balaban J connectivity index is 1.37. The van der Waals surface area contributed by atoms with Crippen molar-refractivity contribution in [2.75, 3.05) is 0 Å². The molecule has 6 rings (SSSR count). The van der Waals surface area contributed by atoms with Gasteiger partial charge in [0.05, 0.1) is 16.8 Å². The molecule has 1 fully saturated rings. The van der Waals surface area contributed by atoms with Gasteiger partial charge < -0.3 is 4.42 Å². The Labute approximate surface area is 200 Å². The molecule has 1 aromatic carbocycles. The third-order valence-corrected chi connectivity index (χ3v) is 7.43. The molecule has 4 nitrogen and oxygen atoms in total. The first kappa shape index (κ1) is 21.0. The molecule has 4 heterocycles. The zero-order chi connectivity index (χ0) is 23.2. The van der Waals surface area contributed by atoms with Crippen LogP contribution in [0, 0.1) is 26.7 Å². The number of aryl methyl sites for hydroxylation is 3. The van der Waals surface area contributed by atoms with Crippen LogP contribution in [0.3, 0.4) is 0 Å². The van der Waals surface area contributed by atoms with Crippen LogP contribution in [0.2, 0.25) is 0 Å². The molecule has 4 aromatic heterocycles. The molecule has 170 valence electrons. The van der Waals surface area contributed by atoms with Crippen LogP contribution in [0.15, 0.2) is 59.3 Å². The Hall–Kier alpha value is -3.53. The Morgan fingerprint density at radius 1 is 0.794 bits per heavy atom. The molecule has 1 aliphatic rings. The second kappa shape index (κ2) is 8.35. The lowest BCUT2D eigenvalue weighted by atomic mass is 9.95. The van der Waals surface area contributed by atoms with Crippen LogP contribution in [0.4, 0.5) is 0 Å². The third kappa shape index (κ3) is 3.67. The van der Waals surface area contributed by atoms with E-state index in [0.29, 0.717) is 11.4 Å². The van der Waals surface area contributed by atoms with Gasteiger partial charge in [-0.25, -0.2) is 9.97 Å². The molecule has 34 heavy (non-hydrogen) atoms. The number of furan rings is 1. The van der Waals surface area contributed by atoms with Gasteiger partial charge in [-0.2, -0.15) is 0 Å². The van der Waals surface area contributed by atoms with Crippen molar-refractivity contribution in [2.24, 2.45) is 5.92 Å². The highest BCUT2D eigenvalue weighted by Gasteiger charge is 2.18. The number of rotatable bonds is 4. The Kier molecular flexibility index (Phi) is 5.17. The molecule has 0 unspecified atom stereocenters. The van der Waals surface area contributed by atoms with Crippen LogP contribution in [0.1, 0.15) is 47.9 Å². The van der Waals surface area contributed by atoms with E-state index in [1.165, 1.54) is 47.9 Å². The van der Waals surface area contributed by atoms with E-state index in [4.69, 9.17) is 14.4 Å². The first-order valence-electron chi connectivity index (χ1n) is 12.3. The number of pyridine rings is 3. The molecular formula is C30H29N3O. The average Bonchev–Trinajstić information content (AvgIpc) is 3.47. The molecule has 0 spiro atoms. The average molecular weight is 448 g/mol. The van der Waals surface area contributed by atoms with Gasteiger partial charge in [0.1, 0.15) is 0 Å². The summed E-state index contributed by atoms with van der Waals surface area (Å²) in [7, 11) is 0. The van der Waals surface area contributed by atoms with E-state index in [0.717, 1.165) is 45.6 Å². The van der Waals surface area contributed by atoms with Crippen molar-refractivity contribution in [1.29, 1.82) is 0 Å². The molecule has 0 bridgehead atoms. The summed E-state index contributed by atoms with van der Waals surface area (Å²) in [5.74, 6) is 0.822. The van der Waals surface area contributed by atoms with E-state index in [2.05, 4.69) is 74.4 Å². The first-order chi connectivity index (χ1) is 16.6. The number of hydrogen-bond donors (Lipinski definition) is 0. The van der Waals surface area contributed by atoms with E-state index < -0.39 is 0 Å². The molecule has 0 atom stereocenters. The zero-order valence-corrected chi connectivity index (χ0v) is 20.1. The van der Waals surface area contributed by atoms with Crippen LogP contribution < -0.4 is 0 Å². The highest BCUT2D eigenvalue weighted by atomic mass is 16.3. The summed E-state index contributed by atoms with van der Waals surface area (Å²) >= 11 is 0. The van der Waals surface area contributed by atoms with Gasteiger partial charge in [-0.1, -0.05) is 43.9 Å². The highest BCUT2D eigenvalue weighted by Crippen LogP contribution is 2.34. The monoisotopic (exact) mass is 447 g/mol.